The molecule has 3 rings (SSSR count). The van der Waals surface area contributed by atoms with Crippen molar-refractivity contribution >= 4 is 11.9 Å². The van der Waals surface area contributed by atoms with Crippen LogP contribution >= 0.6 is 0 Å². The standard InChI is InChI=1S/C32H38O6/c1-3-5-7-8-9-10-24-36-28-17-13-26(14-18-28)32(34)38-30-21-19-29(20-22-30)37-31(33)25-11-15-27(16-12-25)35-23-6-4-2/h11-22H,3-10,23-24H2,1-2H3. The Morgan fingerprint density at radius 2 is 0.842 bits per heavy atom. The first-order valence-corrected chi connectivity index (χ1v) is 13.6. The first-order valence-electron chi connectivity index (χ1n) is 13.6. The first-order chi connectivity index (χ1) is 18.6. The molecule has 3 aromatic rings. The molecule has 0 amide bonds. The zero-order valence-electron chi connectivity index (χ0n) is 22.4. The van der Waals surface area contributed by atoms with Gasteiger partial charge in [0.15, 0.2) is 0 Å². The monoisotopic (exact) mass is 518 g/mol. The van der Waals surface area contributed by atoms with Crippen molar-refractivity contribution in [1.29, 1.82) is 0 Å². The van der Waals surface area contributed by atoms with Crippen molar-refractivity contribution in [2.45, 2.75) is 65.2 Å². The van der Waals surface area contributed by atoms with Crippen molar-refractivity contribution < 1.29 is 28.5 Å². The van der Waals surface area contributed by atoms with Gasteiger partial charge >= 0.3 is 11.9 Å². The second-order valence-electron chi connectivity index (χ2n) is 9.12. The second kappa shape index (κ2) is 16.1. The maximum atomic E-state index is 12.5. The first kappa shape index (κ1) is 28.8. The predicted octanol–water partition coefficient (Wildman–Crippen LogP) is 8.04. The van der Waals surface area contributed by atoms with Gasteiger partial charge in [-0.3, -0.25) is 0 Å². The maximum absolute atomic E-state index is 12.5. The Morgan fingerprint density at radius 1 is 0.474 bits per heavy atom. The Bertz CT molecular complexity index is 1100. The molecule has 0 aliphatic carbocycles. The van der Waals surface area contributed by atoms with Crippen LogP contribution in [0.1, 0.15) is 85.9 Å². The number of benzene rings is 3. The Kier molecular flexibility index (Phi) is 12.2. The number of hydrogen-bond donors (Lipinski definition) is 0. The zero-order chi connectivity index (χ0) is 27.0. The zero-order valence-corrected chi connectivity index (χ0v) is 22.4. The lowest BCUT2D eigenvalue weighted by Crippen LogP contribution is -2.09. The van der Waals surface area contributed by atoms with Gasteiger partial charge in [-0.1, -0.05) is 52.4 Å². The summed E-state index contributed by atoms with van der Waals surface area (Å²) in [5.41, 5.74) is 0.845. The predicted molar refractivity (Wildman–Crippen MR) is 149 cm³/mol. The molecule has 3 aromatic carbocycles. The molecule has 38 heavy (non-hydrogen) atoms. The van der Waals surface area contributed by atoms with Crippen molar-refractivity contribution in [3.63, 3.8) is 0 Å². The average molecular weight is 519 g/mol. The molecule has 0 radical (unpaired) electrons. The van der Waals surface area contributed by atoms with E-state index in [0.29, 0.717) is 35.8 Å². The summed E-state index contributed by atoms with van der Waals surface area (Å²) in [5.74, 6) is 1.21. The van der Waals surface area contributed by atoms with Crippen molar-refractivity contribution in [3.8, 4) is 23.0 Å². The van der Waals surface area contributed by atoms with E-state index in [0.717, 1.165) is 30.8 Å². The van der Waals surface area contributed by atoms with Gasteiger partial charge in [0, 0.05) is 0 Å². The fourth-order valence-electron chi connectivity index (χ4n) is 3.69. The molecule has 0 aliphatic rings. The third-order valence-electron chi connectivity index (χ3n) is 5.96. The van der Waals surface area contributed by atoms with E-state index in [2.05, 4.69) is 13.8 Å². The topological polar surface area (TPSA) is 71.1 Å². The van der Waals surface area contributed by atoms with Crippen LogP contribution < -0.4 is 18.9 Å². The summed E-state index contributed by atoms with van der Waals surface area (Å²) in [6.07, 6.45) is 9.31. The molecule has 0 N–H and O–H groups in total. The van der Waals surface area contributed by atoms with Gasteiger partial charge in [-0.05, 0) is 85.6 Å². The number of hydrogen-bond acceptors (Lipinski definition) is 6. The van der Waals surface area contributed by atoms with Crippen molar-refractivity contribution in [2.24, 2.45) is 0 Å². The Balaban J connectivity index is 1.42. The SMILES string of the molecule is CCCCCCCCOc1ccc(C(=O)Oc2ccc(OC(=O)c3ccc(OCCCC)cc3)cc2)cc1. The smallest absolute Gasteiger partial charge is 0.343 e. The molecule has 0 fully saturated rings. The molecule has 0 saturated heterocycles. The third kappa shape index (κ3) is 9.92. The van der Waals surface area contributed by atoms with E-state index in [9.17, 15) is 9.59 Å². The number of esters is 2. The lowest BCUT2D eigenvalue weighted by molar-refractivity contribution is 0.0719. The highest BCUT2D eigenvalue weighted by Gasteiger charge is 2.12. The van der Waals surface area contributed by atoms with Gasteiger partial charge in [0.1, 0.15) is 23.0 Å². The van der Waals surface area contributed by atoms with E-state index in [4.69, 9.17) is 18.9 Å². The highest BCUT2D eigenvalue weighted by atomic mass is 16.5. The van der Waals surface area contributed by atoms with Gasteiger partial charge in [-0.2, -0.15) is 0 Å². The summed E-state index contributed by atoms with van der Waals surface area (Å²) < 4.78 is 22.3. The van der Waals surface area contributed by atoms with Crippen molar-refractivity contribution in [2.75, 3.05) is 13.2 Å². The highest BCUT2D eigenvalue weighted by molar-refractivity contribution is 5.92. The molecule has 0 heterocycles. The summed E-state index contributed by atoms with van der Waals surface area (Å²) >= 11 is 0. The number of unbranched alkanes of at least 4 members (excludes halogenated alkanes) is 6. The molecule has 0 atom stereocenters. The van der Waals surface area contributed by atoms with Crippen LogP contribution in [0.25, 0.3) is 0 Å². The largest absolute Gasteiger partial charge is 0.494 e. The normalized spacial score (nSPS) is 10.6. The summed E-state index contributed by atoms with van der Waals surface area (Å²) in [6.45, 7) is 5.64. The van der Waals surface area contributed by atoms with Crippen LogP contribution in [0.4, 0.5) is 0 Å². The Morgan fingerprint density at radius 3 is 1.29 bits per heavy atom. The van der Waals surface area contributed by atoms with E-state index in [1.165, 1.54) is 32.1 Å². The Labute approximate surface area is 225 Å². The lowest BCUT2D eigenvalue weighted by atomic mass is 10.1. The van der Waals surface area contributed by atoms with Crippen molar-refractivity contribution in [1.82, 2.24) is 0 Å². The number of carbonyl (C=O) groups excluding carboxylic acids is 2. The van der Waals surface area contributed by atoms with E-state index in [-0.39, 0.29) is 0 Å². The van der Waals surface area contributed by atoms with Crippen LogP contribution in [-0.4, -0.2) is 25.2 Å². The molecule has 0 unspecified atom stereocenters. The quantitative estimate of drug-likeness (QED) is 0.109. The molecule has 0 bridgehead atoms. The van der Waals surface area contributed by atoms with Crippen LogP contribution in [0.3, 0.4) is 0 Å². The fraction of sp³-hybridized carbons (Fsp3) is 0.375. The molecule has 6 heteroatoms. The molecular formula is C32H38O6. The van der Waals surface area contributed by atoms with Crippen LogP contribution in [-0.2, 0) is 0 Å². The highest BCUT2D eigenvalue weighted by Crippen LogP contribution is 2.21. The van der Waals surface area contributed by atoms with Gasteiger partial charge in [0.2, 0.25) is 0 Å². The van der Waals surface area contributed by atoms with Gasteiger partial charge in [0.25, 0.3) is 0 Å². The minimum absolute atomic E-state index is 0.352. The summed E-state index contributed by atoms with van der Waals surface area (Å²) in [7, 11) is 0. The number of carbonyl (C=O) groups is 2. The van der Waals surface area contributed by atoms with Gasteiger partial charge in [0.05, 0.1) is 24.3 Å². The molecule has 0 aliphatic heterocycles. The van der Waals surface area contributed by atoms with Crippen LogP contribution in [0.15, 0.2) is 72.8 Å². The average Bonchev–Trinajstić information content (AvgIpc) is 2.94. The molecule has 202 valence electrons. The summed E-state index contributed by atoms with van der Waals surface area (Å²) in [6, 6.07) is 20.1. The summed E-state index contributed by atoms with van der Waals surface area (Å²) in [5, 5.41) is 0. The van der Waals surface area contributed by atoms with Crippen LogP contribution in [0, 0.1) is 0 Å². The van der Waals surface area contributed by atoms with E-state index < -0.39 is 11.9 Å². The van der Waals surface area contributed by atoms with Crippen molar-refractivity contribution in [3.05, 3.63) is 83.9 Å². The van der Waals surface area contributed by atoms with E-state index in [1.807, 2.05) is 0 Å². The minimum atomic E-state index is -0.478. The summed E-state index contributed by atoms with van der Waals surface area (Å²) in [4.78, 5) is 24.9. The number of ether oxygens (including phenoxy) is 4. The van der Waals surface area contributed by atoms with Gasteiger partial charge in [-0.25, -0.2) is 9.59 Å². The van der Waals surface area contributed by atoms with Crippen LogP contribution in [0.5, 0.6) is 23.0 Å². The van der Waals surface area contributed by atoms with Gasteiger partial charge in [-0.15, -0.1) is 0 Å². The van der Waals surface area contributed by atoms with Crippen LogP contribution in [0.2, 0.25) is 0 Å². The Hall–Kier alpha value is -3.80. The van der Waals surface area contributed by atoms with E-state index >= 15 is 0 Å². The minimum Gasteiger partial charge on any atom is -0.494 e. The lowest BCUT2D eigenvalue weighted by Gasteiger charge is -2.09. The third-order valence-corrected chi connectivity index (χ3v) is 5.96. The fourth-order valence-corrected chi connectivity index (χ4v) is 3.69. The molecule has 0 spiro atoms. The molecular weight excluding hydrogens is 480 g/mol. The molecule has 0 saturated carbocycles. The van der Waals surface area contributed by atoms with E-state index in [1.54, 1.807) is 72.8 Å². The second-order valence-corrected chi connectivity index (χ2v) is 9.12. The van der Waals surface area contributed by atoms with Gasteiger partial charge < -0.3 is 18.9 Å². The maximum Gasteiger partial charge on any atom is 0.343 e. The molecule has 6 nitrogen and oxygen atoms in total. The number of rotatable bonds is 16. The molecule has 0 aromatic heterocycles.